The van der Waals surface area contributed by atoms with E-state index < -0.39 is 0 Å². The fourth-order valence-corrected chi connectivity index (χ4v) is 4.38. The number of rotatable bonds is 5. The van der Waals surface area contributed by atoms with Gasteiger partial charge in [0.05, 0.1) is 12.7 Å². The smallest absolute Gasteiger partial charge is 0.226 e. The van der Waals surface area contributed by atoms with Gasteiger partial charge in [-0.2, -0.15) is 4.98 Å². The Morgan fingerprint density at radius 2 is 1.71 bits per heavy atom. The molecule has 0 unspecified atom stereocenters. The van der Waals surface area contributed by atoms with Crippen LogP contribution in [0.15, 0.2) is 30.5 Å². The number of benzene rings is 1. The van der Waals surface area contributed by atoms with E-state index in [1.54, 1.807) is 7.11 Å². The van der Waals surface area contributed by atoms with E-state index in [4.69, 9.17) is 4.74 Å². The summed E-state index contributed by atoms with van der Waals surface area (Å²) in [6.07, 6.45) is 10.7. The normalized spacial score (nSPS) is 22.7. The lowest BCUT2D eigenvalue weighted by atomic mass is 9.87. The van der Waals surface area contributed by atoms with Crippen LogP contribution in [0.2, 0.25) is 0 Å². The summed E-state index contributed by atoms with van der Waals surface area (Å²) in [6, 6.07) is 9.18. The first kappa shape index (κ1) is 19.0. The standard InChI is InChI=1S/C23H32N4O/c1-17-6-10-19(11-7-17)25-23-24-16-21(22(26-23)28-2)18-8-12-20(13-9-18)27-14-4-3-5-15-27/h8-9,12-13,16-17,19H,3-7,10-11,14-15H2,1-2H3,(H,24,25,26). The lowest BCUT2D eigenvalue weighted by molar-refractivity contribution is 0.359. The van der Waals surface area contributed by atoms with E-state index in [0.29, 0.717) is 17.9 Å². The Morgan fingerprint density at radius 3 is 2.39 bits per heavy atom. The molecule has 2 aromatic rings. The van der Waals surface area contributed by atoms with Crippen LogP contribution in [-0.2, 0) is 0 Å². The van der Waals surface area contributed by atoms with E-state index in [9.17, 15) is 0 Å². The van der Waals surface area contributed by atoms with E-state index in [-0.39, 0.29) is 0 Å². The molecule has 1 aliphatic carbocycles. The van der Waals surface area contributed by atoms with Gasteiger partial charge in [0.25, 0.3) is 0 Å². The molecule has 4 rings (SSSR count). The Morgan fingerprint density at radius 1 is 1.00 bits per heavy atom. The van der Waals surface area contributed by atoms with Gasteiger partial charge < -0.3 is 15.0 Å². The third-order valence-corrected chi connectivity index (χ3v) is 6.20. The third kappa shape index (κ3) is 4.40. The molecule has 2 aliphatic rings. The van der Waals surface area contributed by atoms with Gasteiger partial charge in [-0.3, -0.25) is 0 Å². The molecule has 1 aromatic heterocycles. The highest BCUT2D eigenvalue weighted by molar-refractivity contribution is 5.70. The van der Waals surface area contributed by atoms with E-state index in [1.807, 2.05) is 6.20 Å². The quantitative estimate of drug-likeness (QED) is 0.779. The average Bonchev–Trinajstić information content (AvgIpc) is 2.76. The SMILES string of the molecule is COc1nc(NC2CCC(C)CC2)ncc1-c1ccc(N2CCCCC2)cc1. The Bertz CT molecular complexity index is 763. The highest BCUT2D eigenvalue weighted by Gasteiger charge is 2.20. The molecular weight excluding hydrogens is 348 g/mol. The summed E-state index contributed by atoms with van der Waals surface area (Å²) in [5.41, 5.74) is 3.33. The number of piperidine rings is 1. The van der Waals surface area contributed by atoms with Gasteiger partial charge in [0.15, 0.2) is 0 Å². The number of anilines is 2. The summed E-state index contributed by atoms with van der Waals surface area (Å²) >= 11 is 0. The van der Waals surface area contributed by atoms with Gasteiger partial charge in [0, 0.05) is 31.0 Å². The molecule has 2 heterocycles. The predicted octanol–water partition coefficient (Wildman–Crippen LogP) is 5.13. The van der Waals surface area contributed by atoms with Crippen molar-refractivity contribution >= 4 is 11.6 Å². The number of methoxy groups -OCH3 is 1. The maximum Gasteiger partial charge on any atom is 0.226 e. The molecule has 1 N–H and O–H groups in total. The van der Waals surface area contributed by atoms with Gasteiger partial charge in [-0.15, -0.1) is 0 Å². The summed E-state index contributed by atoms with van der Waals surface area (Å²) in [5, 5.41) is 3.50. The zero-order valence-electron chi connectivity index (χ0n) is 17.2. The molecule has 1 saturated carbocycles. The van der Waals surface area contributed by atoms with Crippen molar-refractivity contribution in [1.29, 1.82) is 0 Å². The summed E-state index contributed by atoms with van der Waals surface area (Å²) in [5.74, 6) is 2.14. The first-order valence-electron chi connectivity index (χ1n) is 10.8. The van der Waals surface area contributed by atoms with Crippen molar-refractivity contribution in [3.63, 3.8) is 0 Å². The van der Waals surface area contributed by atoms with E-state index in [1.165, 1.54) is 50.6 Å². The van der Waals surface area contributed by atoms with Crippen molar-refractivity contribution in [3.8, 4) is 17.0 Å². The number of nitrogens with one attached hydrogen (secondary N) is 1. The Kier molecular flexibility index (Phi) is 5.98. The number of nitrogens with zero attached hydrogens (tertiary/aromatic N) is 3. The minimum Gasteiger partial charge on any atom is -0.480 e. The van der Waals surface area contributed by atoms with Gasteiger partial charge in [0.2, 0.25) is 11.8 Å². The average molecular weight is 381 g/mol. The minimum atomic E-state index is 0.468. The van der Waals surface area contributed by atoms with Crippen LogP contribution in [0.4, 0.5) is 11.6 Å². The molecule has 5 heteroatoms. The maximum absolute atomic E-state index is 5.59. The van der Waals surface area contributed by atoms with Crippen LogP contribution in [-0.4, -0.2) is 36.2 Å². The monoisotopic (exact) mass is 380 g/mol. The highest BCUT2D eigenvalue weighted by Crippen LogP contribution is 2.31. The van der Waals surface area contributed by atoms with Crippen molar-refractivity contribution in [2.75, 3.05) is 30.4 Å². The van der Waals surface area contributed by atoms with Crippen LogP contribution in [0.3, 0.4) is 0 Å². The van der Waals surface area contributed by atoms with E-state index in [2.05, 4.69) is 51.4 Å². The van der Waals surface area contributed by atoms with Crippen LogP contribution in [0.1, 0.15) is 51.9 Å². The first-order valence-corrected chi connectivity index (χ1v) is 10.8. The molecular formula is C23H32N4O. The molecule has 1 saturated heterocycles. The van der Waals surface area contributed by atoms with Crippen molar-refractivity contribution in [1.82, 2.24) is 9.97 Å². The number of hydrogen-bond acceptors (Lipinski definition) is 5. The predicted molar refractivity (Wildman–Crippen MR) is 115 cm³/mol. The van der Waals surface area contributed by atoms with Crippen LogP contribution >= 0.6 is 0 Å². The summed E-state index contributed by atoms with van der Waals surface area (Å²) in [7, 11) is 1.68. The van der Waals surface area contributed by atoms with E-state index in [0.717, 1.165) is 30.1 Å². The third-order valence-electron chi connectivity index (χ3n) is 6.20. The van der Waals surface area contributed by atoms with Crippen molar-refractivity contribution in [2.45, 2.75) is 57.9 Å². The van der Waals surface area contributed by atoms with Crippen molar-refractivity contribution in [2.24, 2.45) is 5.92 Å². The molecule has 0 spiro atoms. The minimum absolute atomic E-state index is 0.468. The fraction of sp³-hybridized carbons (Fsp3) is 0.565. The lowest BCUT2D eigenvalue weighted by Gasteiger charge is -2.29. The fourth-order valence-electron chi connectivity index (χ4n) is 4.38. The second kappa shape index (κ2) is 8.80. The van der Waals surface area contributed by atoms with Crippen molar-refractivity contribution in [3.05, 3.63) is 30.5 Å². The largest absolute Gasteiger partial charge is 0.480 e. The second-order valence-electron chi connectivity index (χ2n) is 8.31. The van der Waals surface area contributed by atoms with Crippen LogP contribution < -0.4 is 15.0 Å². The van der Waals surface area contributed by atoms with Crippen LogP contribution in [0, 0.1) is 5.92 Å². The molecule has 1 aliphatic heterocycles. The van der Waals surface area contributed by atoms with Crippen molar-refractivity contribution < 1.29 is 4.74 Å². The van der Waals surface area contributed by atoms with Crippen LogP contribution in [0.25, 0.3) is 11.1 Å². The lowest BCUT2D eigenvalue weighted by Crippen LogP contribution is -2.29. The van der Waals surface area contributed by atoms with Crippen LogP contribution in [0.5, 0.6) is 5.88 Å². The zero-order valence-corrected chi connectivity index (χ0v) is 17.2. The molecule has 0 radical (unpaired) electrons. The molecule has 2 fully saturated rings. The zero-order chi connectivity index (χ0) is 19.3. The van der Waals surface area contributed by atoms with Gasteiger partial charge in [0.1, 0.15) is 0 Å². The van der Waals surface area contributed by atoms with Gasteiger partial charge >= 0.3 is 0 Å². The summed E-state index contributed by atoms with van der Waals surface area (Å²) < 4.78 is 5.59. The first-order chi connectivity index (χ1) is 13.7. The summed E-state index contributed by atoms with van der Waals surface area (Å²) in [6.45, 7) is 4.65. The Hall–Kier alpha value is -2.30. The van der Waals surface area contributed by atoms with Gasteiger partial charge in [-0.1, -0.05) is 19.1 Å². The number of ether oxygens (including phenoxy) is 1. The maximum atomic E-state index is 5.59. The summed E-state index contributed by atoms with van der Waals surface area (Å²) in [4.78, 5) is 11.7. The Balaban J connectivity index is 1.48. The molecule has 150 valence electrons. The van der Waals surface area contributed by atoms with Gasteiger partial charge in [-0.25, -0.2) is 4.98 Å². The molecule has 0 amide bonds. The molecule has 28 heavy (non-hydrogen) atoms. The Labute approximate surface area is 168 Å². The molecule has 1 aromatic carbocycles. The molecule has 0 atom stereocenters. The molecule has 5 nitrogen and oxygen atoms in total. The van der Waals surface area contributed by atoms with E-state index >= 15 is 0 Å². The topological polar surface area (TPSA) is 50.3 Å². The number of aromatic nitrogens is 2. The number of hydrogen-bond donors (Lipinski definition) is 1. The second-order valence-corrected chi connectivity index (χ2v) is 8.31. The van der Waals surface area contributed by atoms with Gasteiger partial charge in [-0.05, 0) is 68.6 Å². The highest BCUT2D eigenvalue weighted by atomic mass is 16.5. The molecule has 0 bridgehead atoms.